The molecule has 0 saturated heterocycles. The lowest BCUT2D eigenvalue weighted by Crippen LogP contribution is -1.93. The molecule has 0 radical (unpaired) electrons. The third-order valence-corrected chi connectivity index (χ3v) is 2.79. The second kappa shape index (κ2) is 5.00. The van der Waals surface area contributed by atoms with Crippen LogP contribution < -0.4 is 4.74 Å². The van der Waals surface area contributed by atoms with Crippen molar-refractivity contribution in [3.05, 3.63) is 53.3 Å². The summed E-state index contributed by atoms with van der Waals surface area (Å²) in [7, 11) is 1.55. The van der Waals surface area contributed by atoms with Crippen LogP contribution in [0.1, 0.15) is 15.9 Å². The molecule has 0 saturated carbocycles. The Labute approximate surface area is 105 Å². The predicted molar refractivity (Wildman–Crippen MR) is 68.5 cm³/mol. The third-order valence-electron chi connectivity index (χ3n) is 2.79. The highest BCUT2D eigenvalue weighted by molar-refractivity contribution is 5.89. The number of aldehydes is 1. The van der Waals surface area contributed by atoms with Gasteiger partial charge in [0, 0.05) is 11.1 Å². The van der Waals surface area contributed by atoms with Crippen molar-refractivity contribution in [3.63, 3.8) is 0 Å². The summed E-state index contributed by atoms with van der Waals surface area (Å²) in [6.07, 6.45) is 0.719. The molecule has 2 rings (SSSR count). The molecule has 3 heteroatoms. The summed E-state index contributed by atoms with van der Waals surface area (Å²) >= 11 is 0. The zero-order chi connectivity index (χ0) is 13.1. The van der Waals surface area contributed by atoms with E-state index in [4.69, 9.17) is 4.74 Å². The highest BCUT2D eigenvalue weighted by Gasteiger charge is 2.11. The summed E-state index contributed by atoms with van der Waals surface area (Å²) in [5.41, 5.74) is 2.73. The van der Waals surface area contributed by atoms with Gasteiger partial charge in [0.2, 0.25) is 0 Å². The monoisotopic (exact) mass is 244 g/mol. The predicted octanol–water partition coefficient (Wildman–Crippen LogP) is 3.62. The van der Waals surface area contributed by atoms with Crippen molar-refractivity contribution >= 4 is 6.29 Å². The summed E-state index contributed by atoms with van der Waals surface area (Å²) in [5.74, 6) is 0.244. The molecule has 0 aromatic heterocycles. The average molecular weight is 244 g/mol. The topological polar surface area (TPSA) is 26.3 Å². The Morgan fingerprint density at radius 3 is 2.56 bits per heavy atom. The van der Waals surface area contributed by atoms with E-state index >= 15 is 0 Å². The number of hydrogen-bond acceptors (Lipinski definition) is 2. The summed E-state index contributed by atoms with van der Waals surface area (Å²) in [5, 5.41) is 0. The first-order valence-electron chi connectivity index (χ1n) is 5.55. The summed E-state index contributed by atoms with van der Waals surface area (Å²) in [4.78, 5) is 11.0. The van der Waals surface area contributed by atoms with Crippen LogP contribution in [0, 0.1) is 12.7 Å². The maximum absolute atomic E-state index is 13.3. The molecule has 2 aromatic carbocycles. The van der Waals surface area contributed by atoms with E-state index in [9.17, 15) is 9.18 Å². The number of hydrogen-bond donors (Lipinski definition) is 0. The lowest BCUT2D eigenvalue weighted by molar-refractivity contribution is 0.112. The Hall–Kier alpha value is -2.16. The molecule has 0 aliphatic rings. The van der Waals surface area contributed by atoms with Gasteiger partial charge >= 0.3 is 0 Å². The normalized spacial score (nSPS) is 10.2. The Bertz CT molecular complexity index is 591. The van der Waals surface area contributed by atoms with Crippen LogP contribution in [0.5, 0.6) is 5.75 Å². The number of aryl methyl sites for hydroxylation is 1. The van der Waals surface area contributed by atoms with Gasteiger partial charge in [0.15, 0.2) is 6.29 Å². The Balaban J connectivity index is 2.70. The van der Waals surface area contributed by atoms with E-state index in [1.54, 1.807) is 7.11 Å². The van der Waals surface area contributed by atoms with E-state index in [0.717, 1.165) is 17.4 Å². The molecule has 0 spiro atoms. The molecular formula is C15H13FO2. The van der Waals surface area contributed by atoms with E-state index in [0.29, 0.717) is 16.9 Å². The molecule has 0 aliphatic carbocycles. The van der Waals surface area contributed by atoms with E-state index in [1.165, 1.54) is 18.2 Å². The van der Waals surface area contributed by atoms with Crippen molar-refractivity contribution in [2.24, 2.45) is 0 Å². The van der Waals surface area contributed by atoms with Gasteiger partial charge in [0.25, 0.3) is 0 Å². The van der Waals surface area contributed by atoms with Crippen molar-refractivity contribution < 1.29 is 13.9 Å². The number of rotatable bonds is 3. The van der Waals surface area contributed by atoms with E-state index in [2.05, 4.69) is 0 Å². The summed E-state index contributed by atoms with van der Waals surface area (Å²) in [6, 6.07) is 9.68. The lowest BCUT2D eigenvalue weighted by Gasteiger charge is -2.11. The average Bonchev–Trinajstić information content (AvgIpc) is 2.38. The van der Waals surface area contributed by atoms with Gasteiger partial charge in [-0.25, -0.2) is 4.39 Å². The van der Waals surface area contributed by atoms with Gasteiger partial charge in [-0.2, -0.15) is 0 Å². The molecule has 0 fully saturated rings. The zero-order valence-corrected chi connectivity index (χ0v) is 10.2. The molecular weight excluding hydrogens is 231 g/mol. The fraction of sp³-hybridized carbons (Fsp3) is 0.133. The molecule has 2 nitrogen and oxygen atoms in total. The summed E-state index contributed by atoms with van der Waals surface area (Å²) < 4.78 is 18.6. The van der Waals surface area contributed by atoms with Crippen LogP contribution in [-0.2, 0) is 0 Å². The van der Waals surface area contributed by atoms with Gasteiger partial charge in [-0.1, -0.05) is 11.6 Å². The minimum Gasteiger partial charge on any atom is -0.496 e. The second-order valence-electron chi connectivity index (χ2n) is 4.05. The minimum atomic E-state index is -0.376. The fourth-order valence-electron chi connectivity index (χ4n) is 1.90. The SMILES string of the molecule is COc1ccc(C)cc1-c1cc(F)ccc1C=O. The quantitative estimate of drug-likeness (QED) is 0.771. The number of benzene rings is 2. The van der Waals surface area contributed by atoms with Crippen LogP contribution in [-0.4, -0.2) is 13.4 Å². The highest BCUT2D eigenvalue weighted by Crippen LogP contribution is 2.33. The molecule has 0 amide bonds. The van der Waals surface area contributed by atoms with E-state index in [1.807, 2.05) is 25.1 Å². The van der Waals surface area contributed by atoms with Gasteiger partial charge in [-0.15, -0.1) is 0 Å². The molecule has 0 N–H and O–H groups in total. The molecule has 92 valence electrons. The largest absolute Gasteiger partial charge is 0.496 e. The smallest absolute Gasteiger partial charge is 0.150 e. The maximum atomic E-state index is 13.3. The third kappa shape index (κ3) is 2.25. The molecule has 0 unspecified atom stereocenters. The number of methoxy groups -OCH3 is 1. The first-order valence-corrected chi connectivity index (χ1v) is 5.55. The summed E-state index contributed by atoms with van der Waals surface area (Å²) in [6.45, 7) is 1.93. The standard InChI is InChI=1S/C15H13FO2/c1-10-3-6-15(18-2)14(7-10)13-8-12(16)5-4-11(13)9-17/h3-9H,1-2H3. The fourth-order valence-corrected chi connectivity index (χ4v) is 1.90. The number of carbonyl (C=O) groups is 1. The molecule has 0 bridgehead atoms. The van der Waals surface area contributed by atoms with Crippen LogP contribution in [0.15, 0.2) is 36.4 Å². The van der Waals surface area contributed by atoms with Crippen LogP contribution in [0.3, 0.4) is 0 Å². The Kier molecular flexibility index (Phi) is 3.42. The van der Waals surface area contributed by atoms with Crippen LogP contribution >= 0.6 is 0 Å². The number of halogens is 1. The van der Waals surface area contributed by atoms with Gasteiger partial charge in [0.1, 0.15) is 11.6 Å². The first kappa shape index (κ1) is 12.3. The highest BCUT2D eigenvalue weighted by atomic mass is 19.1. The van der Waals surface area contributed by atoms with Gasteiger partial charge < -0.3 is 4.74 Å². The van der Waals surface area contributed by atoms with Crippen molar-refractivity contribution in [1.29, 1.82) is 0 Å². The molecule has 0 heterocycles. The van der Waals surface area contributed by atoms with Crippen LogP contribution in [0.25, 0.3) is 11.1 Å². The van der Waals surface area contributed by atoms with Crippen molar-refractivity contribution in [1.82, 2.24) is 0 Å². The van der Waals surface area contributed by atoms with Crippen molar-refractivity contribution in [3.8, 4) is 16.9 Å². The van der Waals surface area contributed by atoms with Gasteiger partial charge in [0.05, 0.1) is 7.11 Å². The molecule has 18 heavy (non-hydrogen) atoms. The first-order chi connectivity index (χ1) is 8.65. The molecule has 0 atom stereocenters. The molecule has 2 aromatic rings. The number of carbonyl (C=O) groups excluding carboxylic acids is 1. The number of ether oxygens (including phenoxy) is 1. The van der Waals surface area contributed by atoms with Gasteiger partial charge in [-0.05, 0) is 42.8 Å². The molecule has 0 aliphatic heterocycles. The Morgan fingerprint density at radius 2 is 1.89 bits per heavy atom. The van der Waals surface area contributed by atoms with Crippen LogP contribution in [0.2, 0.25) is 0 Å². The van der Waals surface area contributed by atoms with E-state index < -0.39 is 0 Å². The van der Waals surface area contributed by atoms with Gasteiger partial charge in [-0.3, -0.25) is 4.79 Å². The zero-order valence-electron chi connectivity index (χ0n) is 10.2. The van der Waals surface area contributed by atoms with Crippen LogP contribution in [0.4, 0.5) is 4.39 Å². The lowest BCUT2D eigenvalue weighted by atomic mass is 9.98. The van der Waals surface area contributed by atoms with E-state index in [-0.39, 0.29) is 5.82 Å². The Morgan fingerprint density at radius 1 is 1.11 bits per heavy atom. The maximum Gasteiger partial charge on any atom is 0.150 e. The van der Waals surface area contributed by atoms with Crippen molar-refractivity contribution in [2.75, 3.05) is 7.11 Å². The minimum absolute atomic E-state index is 0.376. The second-order valence-corrected chi connectivity index (χ2v) is 4.05. The van der Waals surface area contributed by atoms with Crippen molar-refractivity contribution in [2.45, 2.75) is 6.92 Å².